The number of ether oxygens (including phenoxy) is 1. The molecule has 0 unspecified atom stereocenters. The van der Waals surface area contributed by atoms with Gasteiger partial charge in [0.2, 0.25) is 11.9 Å². The average molecular weight is 383 g/mol. The quantitative estimate of drug-likeness (QED) is 0.644. The van der Waals surface area contributed by atoms with Gasteiger partial charge in [0, 0.05) is 22.5 Å². The molecule has 7 nitrogen and oxygen atoms in total. The number of rotatable bonds is 7. The third-order valence-corrected chi connectivity index (χ3v) is 4.35. The van der Waals surface area contributed by atoms with Gasteiger partial charge in [0.25, 0.3) is 0 Å². The molecule has 2 aromatic heterocycles. The van der Waals surface area contributed by atoms with E-state index in [0.717, 1.165) is 22.8 Å². The van der Waals surface area contributed by atoms with Crippen LogP contribution in [-0.2, 0) is 11.2 Å². The summed E-state index contributed by atoms with van der Waals surface area (Å²) >= 11 is 1.41. The predicted octanol–water partition coefficient (Wildman–Crippen LogP) is 3.87. The van der Waals surface area contributed by atoms with E-state index in [9.17, 15) is 4.79 Å². The zero-order valence-electron chi connectivity index (χ0n) is 15.4. The number of aryl methyl sites for hydroxylation is 2. The van der Waals surface area contributed by atoms with E-state index < -0.39 is 0 Å². The second-order valence-corrected chi connectivity index (χ2v) is 6.78. The van der Waals surface area contributed by atoms with Crippen LogP contribution >= 0.6 is 11.3 Å². The first-order valence-electron chi connectivity index (χ1n) is 8.58. The maximum Gasteiger partial charge on any atom is 0.230 e. The van der Waals surface area contributed by atoms with Gasteiger partial charge in [-0.25, -0.2) is 15.0 Å². The van der Waals surface area contributed by atoms with Crippen molar-refractivity contribution in [3.05, 3.63) is 52.8 Å². The van der Waals surface area contributed by atoms with Crippen molar-refractivity contribution in [2.24, 2.45) is 0 Å². The Bertz CT molecular complexity index is 904. The fourth-order valence-corrected chi connectivity index (χ4v) is 3.20. The van der Waals surface area contributed by atoms with Crippen LogP contribution in [0.25, 0.3) is 0 Å². The standard InChI is InChI=1S/C19H21N5O2S/c1-4-26-16-7-5-14(6-8-16)22-17(25)10-15-11-27-19(23-15)24-18-20-12(2)9-13(3)21-18/h5-9,11H,4,10H2,1-3H3,(H,22,25)(H,20,21,23,24). The van der Waals surface area contributed by atoms with Crippen molar-refractivity contribution >= 4 is 34.0 Å². The first-order chi connectivity index (χ1) is 13.0. The van der Waals surface area contributed by atoms with Crippen LogP contribution in [0.4, 0.5) is 16.8 Å². The molecule has 2 N–H and O–H groups in total. The van der Waals surface area contributed by atoms with Crippen LogP contribution in [0.2, 0.25) is 0 Å². The van der Waals surface area contributed by atoms with Gasteiger partial charge in [-0.2, -0.15) is 0 Å². The zero-order chi connectivity index (χ0) is 19.2. The van der Waals surface area contributed by atoms with Gasteiger partial charge in [-0.15, -0.1) is 11.3 Å². The summed E-state index contributed by atoms with van der Waals surface area (Å²) in [5.41, 5.74) is 3.18. The molecule has 3 rings (SSSR count). The zero-order valence-corrected chi connectivity index (χ0v) is 16.3. The first kappa shape index (κ1) is 18.8. The fraction of sp³-hybridized carbons (Fsp3) is 0.263. The van der Waals surface area contributed by atoms with Gasteiger partial charge in [-0.1, -0.05) is 0 Å². The van der Waals surface area contributed by atoms with Crippen molar-refractivity contribution in [2.75, 3.05) is 17.2 Å². The monoisotopic (exact) mass is 383 g/mol. The number of nitrogens with one attached hydrogen (secondary N) is 2. The van der Waals surface area contributed by atoms with E-state index in [1.54, 1.807) is 0 Å². The largest absolute Gasteiger partial charge is 0.494 e. The molecule has 0 saturated heterocycles. The molecule has 0 bridgehead atoms. The van der Waals surface area contributed by atoms with Crippen LogP contribution < -0.4 is 15.4 Å². The molecule has 0 radical (unpaired) electrons. The summed E-state index contributed by atoms with van der Waals surface area (Å²) in [4.78, 5) is 25.3. The highest BCUT2D eigenvalue weighted by molar-refractivity contribution is 7.13. The van der Waals surface area contributed by atoms with Crippen molar-refractivity contribution in [3.8, 4) is 5.75 Å². The van der Waals surface area contributed by atoms with Gasteiger partial charge in [-0.05, 0) is 51.1 Å². The molecule has 0 spiro atoms. The summed E-state index contributed by atoms with van der Waals surface area (Å²) in [6.45, 7) is 6.37. The predicted molar refractivity (Wildman–Crippen MR) is 107 cm³/mol. The minimum atomic E-state index is -0.126. The second kappa shape index (κ2) is 8.59. The van der Waals surface area contributed by atoms with Crippen molar-refractivity contribution in [1.82, 2.24) is 15.0 Å². The van der Waals surface area contributed by atoms with Crippen LogP contribution in [0.3, 0.4) is 0 Å². The maximum atomic E-state index is 12.2. The van der Waals surface area contributed by atoms with Crippen LogP contribution in [-0.4, -0.2) is 27.5 Å². The number of hydrogen-bond donors (Lipinski definition) is 2. The molecular weight excluding hydrogens is 362 g/mol. The molecule has 8 heteroatoms. The second-order valence-electron chi connectivity index (χ2n) is 5.93. The van der Waals surface area contributed by atoms with Gasteiger partial charge >= 0.3 is 0 Å². The van der Waals surface area contributed by atoms with Gasteiger partial charge in [-0.3, -0.25) is 4.79 Å². The van der Waals surface area contributed by atoms with Crippen molar-refractivity contribution < 1.29 is 9.53 Å². The number of carbonyl (C=O) groups is 1. The van der Waals surface area contributed by atoms with E-state index in [0.29, 0.717) is 23.4 Å². The highest BCUT2D eigenvalue weighted by atomic mass is 32.1. The van der Waals surface area contributed by atoms with E-state index in [1.807, 2.05) is 56.5 Å². The number of anilines is 3. The topological polar surface area (TPSA) is 89.0 Å². The summed E-state index contributed by atoms with van der Waals surface area (Å²) < 4.78 is 5.39. The molecule has 0 fully saturated rings. The first-order valence-corrected chi connectivity index (χ1v) is 9.46. The summed E-state index contributed by atoms with van der Waals surface area (Å²) in [5.74, 6) is 1.16. The van der Waals surface area contributed by atoms with Crippen LogP contribution in [0, 0.1) is 13.8 Å². The smallest absolute Gasteiger partial charge is 0.230 e. The molecule has 140 valence electrons. The van der Waals surface area contributed by atoms with E-state index in [-0.39, 0.29) is 12.3 Å². The molecule has 0 aliphatic carbocycles. The molecule has 2 heterocycles. The number of hydrogen-bond acceptors (Lipinski definition) is 7. The van der Waals surface area contributed by atoms with Crippen molar-refractivity contribution in [1.29, 1.82) is 0 Å². The van der Waals surface area contributed by atoms with E-state index in [4.69, 9.17) is 4.74 Å². The lowest BCUT2D eigenvalue weighted by Gasteiger charge is -2.06. The number of nitrogens with zero attached hydrogens (tertiary/aromatic N) is 3. The normalized spacial score (nSPS) is 10.5. The Hall–Kier alpha value is -3.00. The average Bonchev–Trinajstić information content (AvgIpc) is 3.02. The van der Waals surface area contributed by atoms with Crippen LogP contribution in [0.5, 0.6) is 5.75 Å². The Morgan fingerprint density at radius 1 is 1.11 bits per heavy atom. The minimum absolute atomic E-state index is 0.126. The fourth-order valence-electron chi connectivity index (χ4n) is 2.49. The summed E-state index contributed by atoms with van der Waals surface area (Å²) in [6.07, 6.45) is 0.194. The third kappa shape index (κ3) is 5.49. The van der Waals surface area contributed by atoms with Gasteiger partial charge in [0.05, 0.1) is 18.7 Å². The van der Waals surface area contributed by atoms with Gasteiger partial charge < -0.3 is 15.4 Å². The molecule has 27 heavy (non-hydrogen) atoms. The SMILES string of the molecule is CCOc1ccc(NC(=O)Cc2csc(Nc3nc(C)cc(C)n3)n2)cc1. The molecule has 1 aromatic carbocycles. The number of aromatic nitrogens is 3. The summed E-state index contributed by atoms with van der Waals surface area (Å²) in [7, 11) is 0. The molecule has 1 amide bonds. The highest BCUT2D eigenvalue weighted by Gasteiger charge is 2.10. The maximum absolute atomic E-state index is 12.2. The Morgan fingerprint density at radius 3 is 2.48 bits per heavy atom. The van der Waals surface area contributed by atoms with E-state index in [1.165, 1.54) is 11.3 Å². The molecular formula is C19H21N5O2S. The summed E-state index contributed by atoms with van der Waals surface area (Å²) in [6, 6.07) is 9.19. The summed E-state index contributed by atoms with van der Waals surface area (Å²) in [5, 5.41) is 8.45. The highest BCUT2D eigenvalue weighted by Crippen LogP contribution is 2.20. The Labute approximate surface area is 161 Å². The van der Waals surface area contributed by atoms with Crippen LogP contribution in [0.15, 0.2) is 35.7 Å². The minimum Gasteiger partial charge on any atom is -0.494 e. The number of thiazole rings is 1. The van der Waals surface area contributed by atoms with Crippen molar-refractivity contribution in [3.63, 3.8) is 0 Å². The van der Waals surface area contributed by atoms with Crippen LogP contribution in [0.1, 0.15) is 24.0 Å². The molecule has 0 aliphatic rings. The molecule has 0 aliphatic heterocycles. The number of benzene rings is 1. The van der Waals surface area contributed by atoms with E-state index in [2.05, 4.69) is 25.6 Å². The Kier molecular flexibility index (Phi) is 5.97. The Balaban J connectivity index is 1.57. The molecule has 0 atom stereocenters. The van der Waals surface area contributed by atoms with Gasteiger partial charge in [0.1, 0.15) is 5.75 Å². The lowest BCUT2D eigenvalue weighted by molar-refractivity contribution is -0.115. The Morgan fingerprint density at radius 2 is 1.81 bits per heavy atom. The van der Waals surface area contributed by atoms with Gasteiger partial charge in [0.15, 0.2) is 5.13 Å². The lowest BCUT2D eigenvalue weighted by Crippen LogP contribution is -2.14. The molecule has 0 saturated carbocycles. The number of amides is 1. The van der Waals surface area contributed by atoms with E-state index >= 15 is 0 Å². The lowest BCUT2D eigenvalue weighted by atomic mass is 10.2. The third-order valence-electron chi connectivity index (χ3n) is 3.54. The molecule has 3 aromatic rings. The number of carbonyl (C=O) groups excluding carboxylic acids is 1. The van der Waals surface area contributed by atoms with Crippen molar-refractivity contribution in [2.45, 2.75) is 27.2 Å².